The molecule has 0 saturated carbocycles. The van der Waals surface area contributed by atoms with Crippen LogP contribution in [0.5, 0.6) is 0 Å². The fraction of sp³-hybridized carbons (Fsp3) is 0.769. The number of H-pyrrole nitrogens is 1. The van der Waals surface area contributed by atoms with E-state index in [0.29, 0.717) is 5.82 Å². The smallest absolute Gasteiger partial charge is 0.145 e. The minimum atomic E-state index is 0.578. The number of nitrogens with one attached hydrogen (secondary N) is 1. The molecule has 1 fully saturated rings. The van der Waals surface area contributed by atoms with E-state index < -0.39 is 0 Å². The number of aromatic nitrogens is 2. The molecule has 1 aromatic rings. The van der Waals surface area contributed by atoms with Crippen LogP contribution in [0.2, 0.25) is 0 Å². The number of nitrogens with two attached hydrogens (primary N) is 1. The number of aromatic amines is 1. The number of hydrogen-bond acceptors (Lipinski definition) is 4. The molecule has 2 heterocycles. The summed E-state index contributed by atoms with van der Waals surface area (Å²) >= 11 is 0. The van der Waals surface area contributed by atoms with Crippen molar-refractivity contribution >= 4 is 5.82 Å². The highest BCUT2D eigenvalue weighted by Gasteiger charge is 2.16. The van der Waals surface area contributed by atoms with E-state index in [2.05, 4.69) is 34.1 Å². The number of hydrogen-bond donors (Lipinski definition) is 2. The second kappa shape index (κ2) is 6.20. The zero-order chi connectivity index (χ0) is 13.0. The minimum absolute atomic E-state index is 0.578. The predicted octanol–water partition coefficient (Wildman–Crippen LogP) is 1.16. The van der Waals surface area contributed by atoms with E-state index >= 15 is 0 Å². The molecule has 5 heteroatoms. The Hall–Kier alpha value is -1.07. The molecule has 0 radical (unpaired) electrons. The van der Waals surface area contributed by atoms with Gasteiger partial charge in [-0.25, -0.2) is 0 Å². The number of piperidine rings is 1. The van der Waals surface area contributed by atoms with Gasteiger partial charge in [0, 0.05) is 12.6 Å². The van der Waals surface area contributed by atoms with E-state index in [1.165, 1.54) is 32.4 Å². The predicted molar refractivity (Wildman–Crippen MR) is 74.2 cm³/mol. The first-order valence-electron chi connectivity index (χ1n) is 6.80. The van der Waals surface area contributed by atoms with E-state index in [-0.39, 0.29) is 0 Å². The van der Waals surface area contributed by atoms with Crippen molar-refractivity contribution in [1.82, 2.24) is 20.0 Å². The molecule has 0 atom stereocenters. The van der Waals surface area contributed by atoms with Gasteiger partial charge in [0.2, 0.25) is 0 Å². The summed E-state index contributed by atoms with van der Waals surface area (Å²) < 4.78 is 0. The molecule has 0 aromatic carbocycles. The van der Waals surface area contributed by atoms with Crippen molar-refractivity contribution in [1.29, 1.82) is 0 Å². The van der Waals surface area contributed by atoms with Crippen LogP contribution in [0.3, 0.4) is 0 Å². The first kappa shape index (κ1) is 13.4. The Balaban J connectivity index is 1.67. The Morgan fingerprint density at radius 2 is 2.22 bits per heavy atom. The zero-order valence-electron chi connectivity index (χ0n) is 11.5. The van der Waals surface area contributed by atoms with E-state index in [9.17, 15) is 0 Å². The van der Waals surface area contributed by atoms with Crippen LogP contribution >= 0.6 is 0 Å². The van der Waals surface area contributed by atoms with Gasteiger partial charge in [-0.15, -0.1) is 0 Å². The van der Waals surface area contributed by atoms with Crippen LogP contribution in [0.4, 0.5) is 5.82 Å². The maximum atomic E-state index is 5.59. The van der Waals surface area contributed by atoms with Crippen molar-refractivity contribution in [2.24, 2.45) is 5.92 Å². The summed E-state index contributed by atoms with van der Waals surface area (Å²) in [5.74, 6) is 1.48. The molecule has 0 spiro atoms. The Morgan fingerprint density at radius 1 is 1.50 bits per heavy atom. The molecule has 1 aliphatic heterocycles. The van der Waals surface area contributed by atoms with Crippen LogP contribution < -0.4 is 5.73 Å². The van der Waals surface area contributed by atoms with Crippen LogP contribution in [0.15, 0.2) is 6.07 Å². The number of nitrogens with zero attached hydrogens (tertiary/aromatic N) is 3. The summed E-state index contributed by atoms with van der Waals surface area (Å²) in [5.41, 5.74) is 6.69. The van der Waals surface area contributed by atoms with Gasteiger partial charge in [0.05, 0.1) is 5.69 Å². The number of rotatable bonds is 5. The lowest BCUT2D eigenvalue weighted by Gasteiger charge is -2.30. The van der Waals surface area contributed by atoms with Crippen LogP contribution in [-0.2, 0) is 6.54 Å². The highest BCUT2D eigenvalue weighted by atomic mass is 15.2. The molecule has 18 heavy (non-hydrogen) atoms. The molecule has 0 amide bonds. The summed E-state index contributed by atoms with van der Waals surface area (Å²) in [5, 5.41) is 6.91. The third kappa shape index (κ3) is 3.99. The van der Waals surface area contributed by atoms with Crippen molar-refractivity contribution in [3.63, 3.8) is 0 Å². The fourth-order valence-corrected chi connectivity index (χ4v) is 2.58. The summed E-state index contributed by atoms with van der Waals surface area (Å²) in [6.45, 7) is 4.56. The second-order valence-electron chi connectivity index (χ2n) is 5.59. The van der Waals surface area contributed by atoms with E-state index in [1.54, 1.807) is 0 Å². The Labute approximate surface area is 109 Å². The third-order valence-electron chi connectivity index (χ3n) is 3.85. The summed E-state index contributed by atoms with van der Waals surface area (Å²) in [7, 11) is 4.37. The molecular weight excluding hydrogens is 226 g/mol. The lowest BCUT2D eigenvalue weighted by Crippen LogP contribution is -2.32. The quantitative estimate of drug-likeness (QED) is 0.824. The van der Waals surface area contributed by atoms with Gasteiger partial charge in [-0.1, -0.05) is 0 Å². The molecule has 0 bridgehead atoms. The number of anilines is 1. The van der Waals surface area contributed by atoms with Crippen LogP contribution in [0.25, 0.3) is 0 Å². The van der Waals surface area contributed by atoms with E-state index in [1.807, 2.05) is 6.07 Å². The molecule has 5 nitrogen and oxygen atoms in total. The van der Waals surface area contributed by atoms with E-state index in [0.717, 1.165) is 24.7 Å². The number of nitrogen functional groups attached to an aromatic ring is 1. The summed E-state index contributed by atoms with van der Waals surface area (Å²) in [6, 6.07) is 1.91. The highest BCUT2D eigenvalue weighted by molar-refractivity contribution is 5.28. The highest BCUT2D eigenvalue weighted by Crippen LogP contribution is 2.19. The Morgan fingerprint density at radius 3 is 2.83 bits per heavy atom. The molecule has 2 rings (SSSR count). The molecule has 3 N–H and O–H groups in total. The zero-order valence-corrected chi connectivity index (χ0v) is 11.5. The average Bonchev–Trinajstić information content (AvgIpc) is 2.74. The summed E-state index contributed by atoms with van der Waals surface area (Å²) in [4.78, 5) is 4.76. The van der Waals surface area contributed by atoms with Crippen molar-refractivity contribution in [2.45, 2.75) is 25.8 Å². The lowest BCUT2D eigenvalue weighted by atomic mass is 9.94. The fourth-order valence-electron chi connectivity index (χ4n) is 2.58. The molecular formula is C13H25N5. The van der Waals surface area contributed by atoms with Crippen molar-refractivity contribution in [3.05, 3.63) is 11.8 Å². The summed E-state index contributed by atoms with van der Waals surface area (Å²) in [6.07, 6.45) is 4.00. The van der Waals surface area contributed by atoms with Crippen LogP contribution in [-0.4, -0.2) is 53.7 Å². The van der Waals surface area contributed by atoms with Gasteiger partial charge in [0.15, 0.2) is 0 Å². The topological polar surface area (TPSA) is 61.2 Å². The van der Waals surface area contributed by atoms with Gasteiger partial charge < -0.3 is 15.5 Å². The van der Waals surface area contributed by atoms with Crippen LogP contribution in [0.1, 0.15) is 25.0 Å². The third-order valence-corrected chi connectivity index (χ3v) is 3.85. The SMILES string of the molecule is CN1CCC(CCN(C)Cc2cc(N)n[nH]2)CC1. The second-order valence-corrected chi connectivity index (χ2v) is 5.59. The monoisotopic (exact) mass is 251 g/mol. The first-order valence-corrected chi connectivity index (χ1v) is 6.80. The van der Waals surface area contributed by atoms with Gasteiger partial charge in [0.25, 0.3) is 0 Å². The van der Waals surface area contributed by atoms with E-state index in [4.69, 9.17) is 5.73 Å². The maximum Gasteiger partial charge on any atom is 0.145 e. The molecule has 102 valence electrons. The first-order chi connectivity index (χ1) is 8.63. The minimum Gasteiger partial charge on any atom is -0.382 e. The molecule has 1 aromatic heterocycles. The standard InChI is InChI=1S/C13H25N5/c1-17-6-3-11(4-7-17)5-8-18(2)10-12-9-13(14)16-15-12/h9,11H,3-8,10H2,1-2H3,(H3,14,15,16). The molecule has 1 aliphatic rings. The molecule has 1 saturated heterocycles. The van der Waals surface area contributed by atoms with Crippen molar-refractivity contribution in [3.8, 4) is 0 Å². The normalized spacial score (nSPS) is 18.6. The average molecular weight is 251 g/mol. The Kier molecular flexibility index (Phi) is 4.60. The van der Waals surface area contributed by atoms with Crippen LogP contribution in [0, 0.1) is 5.92 Å². The largest absolute Gasteiger partial charge is 0.382 e. The lowest BCUT2D eigenvalue weighted by molar-refractivity contribution is 0.194. The maximum absolute atomic E-state index is 5.59. The molecule has 0 aliphatic carbocycles. The van der Waals surface area contributed by atoms with Gasteiger partial charge in [-0.2, -0.15) is 5.10 Å². The van der Waals surface area contributed by atoms with Gasteiger partial charge in [-0.3, -0.25) is 5.10 Å². The van der Waals surface area contributed by atoms with Gasteiger partial charge in [-0.05, 0) is 58.9 Å². The van der Waals surface area contributed by atoms with Gasteiger partial charge >= 0.3 is 0 Å². The number of likely N-dealkylation sites (tertiary alicyclic amines) is 1. The Bertz CT molecular complexity index is 354. The van der Waals surface area contributed by atoms with Crippen molar-refractivity contribution in [2.75, 3.05) is 39.5 Å². The van der Waals surface area contributed by atoms with Crippen molar-refractivity contribution < 1.29 is 0 Å². The van der Waals surface area contributed by atoms with Gasteiger partial charge in [0.1, 0.15) is 5.82 Å². The molecule has 0 unspecified atom stereocenters.